The van der Waals surface area contributed by atoms with Crippen molar-refractivity contribution < 1.29 is 29.3 Å². The number of amides is 1. The van der Waals surface area contributed by atoms with Gasteiger partial charge in [-0.1, -0.05) is 78.7 Å². The van der Waals surface area contributed by atoms with Crippen LogP contribution in [0.3, 0.4) is 0 Å². The molecule has 3 N–H and O–H groups in total. The SMILES string of the molecule is C[C@@H]1[C@H](Cn2cnc(Cl)c2Cl)O[C@H](c2ccc(CNC(=O)CCCC(=O)O)cc2)O[C@@H]1c1ccc(CO)cc1. The molecule has 4 rings (SSSR count). The number of hydrogen-bond acceptors (Lipinski definition) is 6. The zero-order valence-corrected chi connectivity index (χ0v) is 22.9. The smallest absolute Gasteiger partial charge is 0.303 e. The lowest BCUT2D eigenvalue weighted by Gasteiger charge is -2.41. The first-order valence-corrected chi connectivity index (χ1v) is 13.4. The third-order valence-electron chi connectivity index (χ3n) is 6.77. The van der Waals surface area contributed by atoms with Crippen LogP contribution in [0.5, 0.6) is 0 Å². The Labute approximate surface area is 236 Å². The Hall–Kier alpha value is -2.95. The van der Waals surface area contributed by atoms with Gasteiger partial charge in [-0.15, -0.1) is 0 Å². The van der Waals surface area contributed by atoms with E-state index in [4.69, 9.17) is 37.8 Å². The summed E-state index contributed by atoms with van der Waals surface area (Å²) in [6.45, 7) is 2.78. The largest absolute Gasteiger partial charge is 0.481 e. The van der Waals surface area contributed by atoms with Crippen LogP contribution in [-0.2, 0) is 38.8 Å². The first-order valence-electron chi connectivity index (χ1n) is 12.7. The van der Waals surface area contributed by atoms with E-state index >= 15 is 0 Å². The number of carboxylic acids is 1. The van der Waals surface area contributed by atoms with E-state index in [9.17, 15) is 14.7 Å². The molecule has 1 amide bonds. The molecular formula is C28H31Cl2N3O6. The molecule has 3 aromatic rings. The van der Waals surface area contributed by atoms with Crippen LogP contribution >= 0.6 is 23.2 Å². The molecule has 1 fully saturated rings. The normalized spacial score (nSPS) is 21.0. The summed E-state index contributed by atoms with van der Waals surface area (Å²) in [5, 5.41) is 21.5. The number of nitrogens with one attached hydrogen (secondary N) is 1. The number of aliphatic carboxylic acids is 1. The van der Waals surface area contributed by atoms with Gasteiger partial charge in [0, 0.05) is 30.9 Å². The Bertz CT molecular complexity index is 1270. The van der Waals surface area contributed by atoms with Gasteiger partial charge in [0.25, 0.3) is 0 Å². The number of aliphatic hydroxyl groups is 1. The Morgan fingerprint density at radius 2 is 1.67 bits per heavy atom. The number of halogens is 2. The van der Waals surface area contributed by atoms with Crippen molar-refractivity contribution in [1.29, 1.82) is 0 Å². The number of carbonyl (C=O) groups is 2. The standard InChI is InChI=1S/C28H31Cl2N3O6/c1-17-22(14-33-16-32-26(29)27(33)30)38-28(39-25(17)20-9-7-19(15-34)8-10-20)21-11-5-18(6-12-21)13-31-23(35)3-2-4-24(36)37/h5-12,16-17,22,25,28,34H,2-4,13-15H2,1H3,(H,31,35)(H,36,37)/t17-,22+,25+,28+/m1/s1. The minimum Gasteiger partial charge on any atom is -0.481 e. The molecule has 1 aliphatic rings. The summed E-state index contributed by atoms with van der Waals surface area (Å²) in [7, 11) is 0. The fourth-order valence-electron chi connectivity index (χ4n) is 4.47. The molecule has 1 aliphatic heterocycles. The molecule has 0 aliphatic carbocycles. The number of benzene rings is 2. The van der Waals surface area contributed by atoms with Crippen LogP contribution in [0.1, 0.15) is 60.8 Å². The highest BCUT2D eigenvalue weighted by Crippen LogP contribution is 2.42. The molecule has 1 saturated heterocycles. The topological polar surface area (TPSA) is 123 Å². The molecule has 2 heterocycles. The minimum atomic E-state index is -0.913. The van der Waals surface area contributed by atoms with E-state index in [-0.39, 0.29) is 48.6 Å². The fraction of sp³-hybridized carbons (Fsp3) is 0.393. The maximum Gasteiger partial charge on any atom is 0.303 e. The van der Waals surface area contributed by atoms with Crippen molar-refractivity contribution in [1.82, 2.24) is 14.9 Å². The van der Waals surface area contributed by atoms with E-state index < -0.39 is 12.3 Å². The molecule has 39 heavy (non-hydrogen) atoms. The molecule has 9 nitrogen and oxygen atoms in total. The van der Waals surface area contributed by atoms with Gasteiger partial charge in [0.05, 0.1) is 31.7 Å². The number of nitrogens with zero attached hydrogens (tertiary/aromatic N) is 2. The summed E-state index contributed by atoms with van der Waals surface area (Å²) >= 11 is 12.4. The van der Waals surface area contributed by atoms with E-state index in [1.54, 1.807) is 10.9 Å². The second-order valence-electron chi connectivity index (χ2n) is 9.57. The Kier molecular flexibility index (Phi) is 9.99. The summed E-state index contributed by atoms with van der Waals surface area (Å²) in [5.74, 6) is -1.15. The fourth-order valence-corrected chi connectivity index (χ4v) is 4.79. The highest BCUT2D eigenvalue weighted by Gasteiger charge is 2.38. The van der Waals surface area contributed by atoms with E-state index in [0.29, 0.717) is 24.7 Å². The molecular weight excluding hydrogens is 545 g/mol. The van der Waals surface area contributed by atoms with E-state index in [0.717, 1.165) is 22.3 Å². The van der Waals surface area contributed by atoms with Crippen LogP contribution < -0.4 is 5.32 Å². The Balaban J connectivity index is 1.48. The number of carboxylic acid groups (broad SMARTS) is 1. The maximum atomic E-state index is 12.0. The third kappa shape index (κ3) is 7.58. The number of aliphatic hydroxyl groups excluding tert-OH is 1. The second-order valence-corrected chi connectivity index (χ2v) is 10.3. The molecule has 0 spiro atoms. The molecule has 208 valence electrons. The second kappa shape index (κ2) is 13.4. The van der Waals surface area contributed by atoms with Gasteiger partial charge in [0.2, 0.25) is 5.91 Å². The third-order valence-corrected chi connectivity index (χ3v) is 7.54. The summed E-state index contributed by atoms with van der Waals surface area (Å²) in [4.78, 5) is 26.7. The van der Waals surface area contributed by atoms with Gasteiger partial charge in [-0.3, -0.25) is 9.59 Å². The average molecular weight is 576 g/mol. The first kappa shape index (κ1) is 29.0. The summed E-state index contributed by atoms with van der Waals surface area (Å²) in [5.41, 5.74) is 3.49. The number of imidazole rings is 1. The molecule has 4 atom stereocenters. The van der Waals surface area contributed by atoms with Crippen molar-refractivity contribution >= 4 is 35.1 Å². The molecule has 0 bridgehead atoms. The van der Waals surface area contributed by atoms with Crippen LogP contribution in [0.15, 0.2) is 54.9 Å². The van der Waals surface area contributed by atoms with Crippen molar-refractivity contribution in [3.63, 3.8) is 0 Å². The zero-order chi connectivity index (χ0) is 27.9. The first-order chi connectivity index (χ1) is 18.7. The van der Waals surface area contributed by atoms with Crippen molar-refractivity contribution in [2.75, 3.05) is 0 Å². The molecule has 0 radical (unpaired) electrons. The average Bonchev–Trinajstić information content (AvgIpc) is 3.25. The number of rotatable bonds is 11. The summed E-state index contributed by atoms with van der Waals surface area (Å²) in [6.07, 6.45) is 0.794. The number of ether oxygens (including phenoxy) is 2. The monoisotopic (exact) mass is 575 g/mol. The van der Waals surface area contributed by atoms with E-state index in [1.807, 2.05) is 48.5 Å². The van der Waals surface area contributed by atoms with Crippen LogP contribution in [0.25, 0.3) is 0 Å². The Morgan fingerprint density at radius 3 is 2.28 bits per heavy atom. The van der Waals surface area contributed by atoms with E-state index in [2.05, 4.69) is 17.2 Å². The molecule has 2 aromatic carbocycles. The Morgan fingerprint density at radius 1 is 1.00 bits per heavy atom. The van der Waals surface area contributed by atoms with Crippen molar-refractivity contribution in [3.05, 3.63) is 87.4 Å². The van der Waals surface area contributed by atoms with E-state index in [1.165, 1.54) is 0 Å². The quantitative estimate of drug-likeness (QED) is 0.292. The van der Waals surface area contributed by atoms with Crippen molar-refractivity contribution in [3.8, 4) is 0 Å². The highest BCUT2D eigenvalue weighted by atomic mass is 35.5. The van der Waals surface area contributed by atoms with Gasteiger partial charge in [-0.05, 0) is 23.1 Å². The van der Waals surface area contributed by atoms with Crippen LogP contribution in [0, 0.1) is 5.92 Å². The lowest BCUT2D eigenvalue weighted by molar-refractivity contribution is -0.276. The van der Waals surface area contributed by atoms with Crippen LogP contribution in [0.2, 0.25) is 10.3 Å². The zero-order valence-electron chi connectivity index (χ0n) is 21.4. The van der Waals surface area contributed by atoms with Gasteiger partial charge in [0.1, 0.15) is 5.15 Å². The number of hydrogen-bond donors (Lipinski definition) is 3. The van der Waals surface area contributed by atoms with Gasteiger partial charge < -0.3 is 29.6 Å². The summed E-state index contributed by atoms with van der Waals surface area (Å²) < 4.78 is 14.6. The lowest BCUT2D eigenvalue weighted by Crippen LogP contribution is -2.39. The highest BCUT2D eigenvalue weighted by molar-refractivity contribution is 6.40. The summed E-state index contributed by atoms with van der Waals surface area (Å²) in [6, 6.07) is 15.2. The lowest BCUT2D eigenvalue weighted by atomic mass is 9.90. The van der Waals surface area contributed by atoms with Crippen LogP contribution in [0.4, 0.5) is 0 Å². The van der Waals surface area contributed by atoms with Gasteiger partial charge in [-0.2, -0.15) is 0 Å². The molecule has 0 unspecified atom stereocenters. The van der Waals surface area contributed by atoms with Crippen molar-refractivity contribution in [2.45, 2.75) is 64.4 Å². The minimum absolute atomic E-state index is 0.0320. The molecule has 11 heteroatoms. The van der Waals surface area contributed by atoms with Gasteiger partial charge >= 0.3 is 5.97 Å². The van der Waals surface area contributed by atoms with Gasteiger partial charge in [0.15, 0.2) is 11.4 Å². The number of aromatic nitrogens is 2. The maximum absolute atomic E-state index is 12.0. The predicted octanol–water partition coefficient (Wildman–Crippen LogP) is 5.04. The molecule has 0 saturated carbocycles. The number of carbonyl (C=O) groups excluding carboxylic acids is 1. The van der Waals surface area contributed by atoms with Gasteiger partial charge in [-0.25, -0.2) is 4.98 Å². The molecule has 1 aromatic heterocycles. The predicted molar refractivity (Wildman–Crippen MR) is 145 cm³/mol. The van der Waals surface area contributed by atoms with Crippen molar-refractivity contribution in [2.24, 2.45) is 5.92 Å². The van der Waals surface area contributed by atoms with Crippen LogP contribution in [-0.4, -0.2) is 37.7 Å².